The molecular formula is C10H22N2O2S. The quantitative estimate of drug-likeness (QED) is 0.491. The molecule has 0 aromatic carbocycles. The van der Waals surface area contributed by atoms with E-state index in [1.165, 1.54) is 13.5 Å². The molecule has 0 spiro atoms. The maximum Gasteiger partial charge on any atom is 0.322 e. The molecule has 0 radical (unpaired) electrons. The van der Waals surface area contributed by atoms with Crippen LogP contribution < -0.4 is 5.73 Å². The number of thioether (sulfide) groups is 1. The second kappa shape index (κ2) is 9.00. The molecule has 1 atom stereocenters. The van der Waals surface area contributed by atoms with Gasteiger partial charge in [-0.05, 0) is 45.0 Å². The zero-order chi connectivity index (χ0) is 11.7. The molecule has 15 heavy (non-hydrogen) atoms. The number of carbonyl (C=O) groups is 1. The average Bonchev–Trinajstić information content (AvgIpc) is 2.21. The Hall–Kier alpha value is -0.260. The minimum atomic E-state index is -0.462. The first-order valence-electron chi connectivity index (χ1n) is 5.13. The van der Waals surface area contributed by atoms with Gasteiger partial charge in [0.1, 0.15) is 6.04 Å². The van der Waals surface area contributed by atoms with Crippen molar-refractivity contribution in [3.8, 4) is 0 Å². The van der Waals surface area contributed by atoms with Crippen molar-refractivity contribution in [2.75, 3.05) is 39.3 Å². The van der Waals surface area contributed by atoms with Gasteiger partial charge in [0.25, 0.3) is 0 Å². The SMILES string of the molecule is COC(=O)C(N)CCSCCCN(C)C. The van der Waals surface area contributed by atoms with Crippen molar-refractivity contribution in [3.05, 3.63) is 0 Å². The summed E-state index contributed by atoms with van der Waals surface area (Å²) in [5.41, 5.74) is 5.59. The monoisotopic (exact) mass is 234 g/mol. The first-order chi connectivity index (χ1) is 7.07. The number of hydrogen-bond acceptors (Lipinski definition) is 5. The molecule has 0 saturated heterocycles. The van der Waals surface area contributed by atoms with E-state index in [9.17, 15) is 4.79 Å². The fourth-order valence-corrected chi connectivity index (χ4v) is 2.02. The number of carbonyl (C=O) groups excluding carboxylic acids is 1. The van der Waals surface area contributed by atoms with Crippen LogP contribution in [-0.4, -0.2) is 56.2 Å². The lowest BCUT2D eigenvalue weighted by molar-refractivity contribution is -0.142. The number of nitrogens with zero attached hydrogens (tertiary/aromatic N) is 1. The van der Waals surface area contributed by atoms with Crippen molar-refractivity contribution in [2.45, 2.75) is 18.9 Å². The van der Waals surface area contributed by atoms with Crippen molar-refractivity contribution < 1.29 is 9.53 Å². The van der Waals surface area contributed by atoms with Crippen LogP contribution in [0, 0.1) is 0 Å². The minimum absolute atomic E-state index is 0.316. The molecule has 90 valence electrons. The van der Waals surface area contributed by atoms with Gasteiger partial charge in [0.15, 0.2) is 0 Å². The average molecular weight is 234 g/mol. The molecule has 0 aliphatic carbocycles. The summed E-state index contributed by atoms with van der Waals surface area (Å²) in [6, 6.07) is -0.462. The van der Waals surface area contributed by atoms with Crippen LogP contribution in [0.3, 0.4) is 0 Å². The van der Waals surface area contributed by atoms with Crippen LogP contribution in [0.15, 0.2) is 0 Å². The molecule has 1 unspecified atom stereocenters. The fourth-order valence-electron chi connectivity index (χ4n) is 1.06. The van der Waals surface area contributed by atoms with Gasteiger partial charge in [0.05, 0.1) is 7.11 Å². The van der Waals surface area contributed by atoms with E-state index in [0.717, 1.165) is 18.1 Å². The Labute approximate surface area is 96.5 Å². The molecule has 0 fully saturated rings. The Bertz CT molecular complexity index is 177. The van der Waals surface area contributed by atoms with Gasteiger partial charge in [-0.1, -0.05) is 0 Å². The van der Waals surface area contributed by atoms with Crippen LogP contribution in [0.1, 0.15) is 12.8 Å². The van der Waals surface area contributed by atoms with Gasteiger partial charge >= 0.3 is 5.97 Å². The summed E-state index contributed by atoms with van der Waals surface area (Å²) >= 11 is 1.84. The van der Waals surface area contributed by atoms with Crippen LogP contribution in [-0.2, 0) is 9.53 Å². The number of methoxy groups -OCH3 is 1. The fraction of sp³-hybridized carbons (Fsp3) is 0.900. The highest BCUT2D eigenvalue weighted by atomic mass is 32.2. The van der Waals surface area contributed by atoms with Gasteiger partial charge in [-0.2, -0.15) is 11.8 Å². The normalized spacial score (nSPS) is 12.9. The maximum atomic E-state index is 11.0. The van der Waals surface area contributed by atoms with Crippen molar-refractivity contribution in [3.63, 3.8) is 0 Å². The zero-order valence-electron chi connectivity index (χ0n) is 9.86. The first-order valence-corrected chi connectivity index (χ1v) is 6.29. The van der Waals surface area contributed by atoms with E-state index in [1.807, 2.05) is 11.8 Å². The summed E-state index contributed by atoms with van der Waals surface area (Å²) in [7, 11) is 5.50. The summed E-state index contributed by atoms with van der Waals surface area (Å²) in [6.45, 7) is 1.11. The van der Waals surface area contributed by atoms with Gasteiger partial charge in [0.2, 0.25) is 0 Å². The highest BCUT2D eigenvalue weighted by molar-refractivity contribution is 7.99. The number of hydrogen-bond donors (Lipinski definition) is 1. The Morgan fingerprint density at radius 2 is 2.13 bits per heavy atom. The second-order valence-corrected chi connectivity index (χ2v) is 4.91. The third-order valence-electron chi connectivity index (χ3n) is 1.97. The van der Waals surface area contributed by atoms with Crippen molar-refractivity contribution in [2.24, 2.45) is 5.73 Å². The number of nitrogens with two attached hydrogens (primary N) is 1. The van der Waals surface area contributed by atoms with Crippen LogP contribution in [0.5, 0.6) is 0 Å². The molecule has 0 saturated carbocycles. The van der Waals surface area contributed by atoms with Crippen LogP contribution in [0.25, 0.3) is 0 Å². The van der Waals surface area contributed by atoms with E-state index in [1.54, 1.807) is 0 Å². The minimum Gasteiger partial charge on any atom is -0.468 e. The predicted octanol–water partition coefficient (Wildman–Crippen LogP) is 0.562. The van der Waals surface area contributed by atoms with Gasteiger partial charge in [-0.3, -0.25) is 4.79 Å². The number of rotatable bonds is 8. The molecule has 0 rings (SSSR count). The van der Waals surface area contributed by atoms with Gasteiger partial charge in [-0.15, -0.1) is 0 Å². The third-order valence-corrected chi connectivity index (χ3v) is 3.07. The Morgan fingerprint density at radius 1 is 1.47 bits per heavy atom. The van der Waals surface area contributed by atoms with Crippen LogP contribution in [0.2, 0.25) is 0 Å². The maximum absolute atomic E-state index is 11.0. The van der Waals surface area contributed by atoms with Crippen molar-refractivity contribution in [1.82, 2.24) is 4.90 Å². The Morgan fingerprint density at radius 3 is 2.67 bits per heavy atom. The highest BCUT2D eigenvalue weighted by Crippen LogP contribution is 2.06. The van der Waals surface area contributed by atoms with E-state index >= 15 is 0 Å². The molecular weight excluding hydrogens is 212 g/mol. The molecule has 0 aromatic rings. The molecule has 0 bridgehead atoms. The first kappa shape index (κ1) is 14.7. The summed E-state index contributed by atoms with van der Waals surface area (Å²) in [4.78, 5) is 13.1. The van der Waals surface area contributed by atoms with Gasteiger partial charge in [-0.25, -0.2) is 0 Å². The second-order valence-electron chi connectivity index (χ2n) is 3.69. The van der Waals surface area contributed by atoms with Crippen molar-refractivity contribution >= 4 is 17.7 Å². The van der Waals surface area contributed by atoms with Crippen LogP contribution >= 0.6 is 11.8 Å². The van der Waals surface area contributed by atoms with Crippen LogP contribution in [0.4, 0.5) is 0 Å². The van der Waals surface area contributed by atoms with E-state index in [4.69, 9.17) is 5.73 Å². The molecule has 0 heterocycles. The Balaban J connectivity index is 3.27. The summed E-state index contributed by atoms with van der Waals surface area (Å²) in [5, 5.41) is 0. The van der Waals surface area contributed by atoms with Gasteiger partial charge in [0, 0.05) is 0 Å². The lowest BCUT2D eigenvalue weighted by atomic mass is 10.2. The molecule has 4 nitrogen and oxygen atoms in total. The molecule has 0 aromatic heterocycles. The standard InChI is InChI=1S/C10H22N2O2S/c1-12(2)6-4-7-15-8-5-9(11)10(13)14-3/h9H,4-8,11H2,1-3H3. The predicted molar refractivity (Wildman–Crippen MR) is 65.1 cm³/mol. The molecule has 0 aliphatic rings. The van der Waals surface area contributed by atoms with Gasteiger partial charge < -0.3 is 15.4 Å². The van der Waals surface area contributed by atoms with E-state index in [-0.39, 0.29) is 5.97 Å². The third kappa shape index (κ3) is 8.72. The number of ether oxygens (including phenoxy) is 1. The number of esters is 1. The molecule has 0 amide bonds. The Kier molecular flexibility index (Phi) is 8.85. The molecule has 2 N–H and O–H groups in total. The van der Waals surface area contributed by atoms with E-state index in [0.29, 0.717) is 6.42 Å². The lowest BCUT2D eigenvalue weighted by Crippen LogP contribution is -2.32. The van der Waals surface area contributed by atoms with E-state index in [2.05, 4.69) is 23.7 Å². The topological polar surface area (TPSA) is 55.6 Å². The summed E-state index contributed by atoms with van der Waals surface area (Å²) < 4.78 is 4.54. The summed E-state index contributed by atoms with van der Waals surface area (Å²) in [5.74, 6) is 1.72. The summed E-state index contributed by atoms with van der Waals surface area (Å²) in [6.07, 6.45) is 1.87. The largest absolute Gasteiger partial charge is 0.468 e. The zero-order valence-corrected chi connectivity index (χ0v) is 10.7. The lowest BCUT2D eigenvalue weighted by Gasteiger charge is -2.10. The molecule has 0 aliphatic heterocycles. The van der Waals surface area contributed by atoms with Crippen molar-refractivity contribution in [1.29, 1.82) is 0 Å². The molecule has 5 heteroatoms. The smallest absolute Gasteiger partial charge is 0.322 e. The highest BCUT2D eigenvalue weighted by Gasteiger charge is 2.12. The van der Waals surface area contributed by atoms with E-state index < -0.39 is 6.04 Å².